The molecule has 0 bridgehead atoms. The lowest BCUT2D eigenvalue weighted by Gasteiger charge is -2.20. The van der Waals surface area contributed by atoms with Gasteiger partial charge in [0.25, 0.3) is 5.91 Å². The summed E-state index contributed by atoms with van der Waals surface area (Å²) in [5, 5.41) is 12.7. The Morgan fingerprint density at radius 2 is 2.04 bits per heavy atom. The van der Waals surface area contributed by atoms with Crippen molar-refractivity contribution in [1.29, 1.82) is 0 Å². The quantitative estimate of drug-likeness (QED) is 0.734. The van der Waals surface area contributed by atoms with Crippen LogP contribution in [-0.2, 0) is 4.79 Å². The van der Waals surface area contributed by atoms with E-state index in [1.807, 2.05) is 31.2 Å². The second-order valence-electron chi connectivity index (χ2n) is 6.35. The molecule has 1 heterocycles. The van der Waals surface area contributed by atoms with Crippen LogP contribution in [0.3, 0.4) is 0 Å². The number of hydrogen-bond donors (Lipinski definition) is 2. The third-order valence-corrected chi connectivity index (χ3v) is 3.82. The zero-order valence-electron chi connectivity index (χ0n) is 14.9. The number of carbonyl (C=O) groups is 2. The Labute approximate surface area is 147 Å². The van der Waals surface area contributed by atoms with Crippen LogP contribution in [0.4, 0.5) is 4.79 Å². The van der Waals surface area contributed by atoms with Crippen LogP contribution in [0.5, 0.6) is 11.5 Å². The van der Waals surface area contributed by atoms with Gasteiger partial charge in [0.05, 0.1) is 13.7 Å². The molecular formula is C18H24N2O5. The van der Waals surface area contributed by atoms with E-state index in [0.717, 1.165) is 10.5 Å². The molecule has 7 nitrogen and oxygen atoms in total. The number of aliphatic hydroxyl groups is 1. The zero-order chi connectivity index (χ0) is 18.6. The van der Waals surface area contributed by atoms with E-state index in [-0.39, 0.29) is 19.1 Å². The van der Waals surface area contributed by atoms with Gasteiger partial charge in [-0.05, 0) is 38.5 Å². The highest BCUT2D eigenvalue weighted by Gasteiger charge is 2.44. The molecule has 1 atom stereocenters. The molecule has 1 aromatic carbocycles. The first-order chi connectivity index (χ1) is 11.8. The second-order valence-corrected chi connectivity index (χ2v) is 6.35. The Hall–Kier alpha value is -2.54. The number of nitrogens with zero attached hydrogens (tertiary/aromatic N) is 1. The number of nitrogens with one attached hydrogen (secondary N) is 1. The van der Waals surface area contributed by atoms with Gasteiger partial charge >= 0.3 is 6.03 Å². The van der Waals surface area contributed by atoms with Crippen molar-refractivity contribution in [2.45, 2.75) is 32.4 Å². The van der Waals surface area contributed by atoms with Gasteiger partial charge in [-0.2, -0.15) is 0 Å². The summed E-state index contributed by atoms with van der Waals surface area (Å²) in [6.07, 6.45) is 2.84. The normalized spacial score (nSPS) is 17.7. The van der Waals surface area contributed by atoms with Crippen LogP contribution in [0.25, 0.3) is 6.08 Å². The lowest BCUT2D eigenvalue weighted by atomic mass is 10.1. The van der Waals surface area contributed by atoms with Crippen LogP contribution in [0.2, 0.25) is 0 Å². The van der Waals surface area contributed by atoms with E-state index in [9.17, 15) is 14.7 Å². The summed E-state index contributed by atoms with van der Waals surface area (Å²) in [5.41, 5.74) is 0.0116. The largest absolute Gasteiger partial charge is 0.493 e. The van der Waals surface area contributed by atoms with Gasteiger partial charge in [0.2, 0.25) is 0 Å². The molecule has 7 heteroatoms. The van der Waals surface area contributed by atoms with Crippen LogP contribution in [0.15, 0.2) is 24.3 Å². The molecule has 0 aromatic heterocycles. The summed E-state index contributed by atoms with van der Waals surface area (Å²) in [4.78, 5) is 24.9. The van der Waals surface area contributed by atoms with Gasteiger partial charge < -0.3 is 19.9 Å². The first kappa shape index (κ1) is 18.8. The van der Waals surface area contributed by atoms with Crippen molar-refractivity contribution in [3.63, 3.8) is 0 Å². The standard InChI is InChI=1S/C18H24N2O5/c1-5-6-12-7-8-14(15(9-12)24-4)25-11-13(21)10-20-16(22)18(2,3)19-17(20)23/h5-9,13,21H,10-11H2,1-4H3,(H,19,23). The SMILES string of the molecule is CC=Cc1ccc(OCC(O)CN2C(=O)NC(C)(C)C2=O)c(OC)c1. The Kier molecular flexibility index (Phi) is 5.69. The maximum Gasteiger partial charge on any atom is 0.325 e. The molecule has 25 heavy (non-hydrogen) atoms. The number of imide groups is 1. The van der Waals surface area contributed by atoms with Crippen LogP contribution >= 0.6 is 0 Å². The van der Waals surface area contributed by atoms with E-state index >= 15 is 0 Å². The number of urea groups is 1. The van der Waals surface area contributed by atoms with E-state index in [0.29, 0.717) is 11.5 Å². The fourth-order valence-electron chi connectivity index (χ4n) is 2.53. The molecule has 2 N–H and O–H groups in total. The van der Waals surface area contributed by atoms with Crippen molar-refractivity contribution in [3.05, 3.63) is 29.8 Å². The van der Waals surface area contributed by atoms with Gasteiger partial charge in [0, 0.05) is 0 Å². The number of rotatable bonds is 7. The second kappa shape index (κ2) is 7.57. The van der Waals surface area contributed by atoms with Crippen molar-refractivity contribution in [2.75, 3.05) is 20.3 Å². The minimum absolute atomic E-state index is 0.0726. The Morgan fingerprint density at radius 3 is 2.60 bits per heavy atom. The predicted octanol–water partition coefficient (Wildman–Crippen LogP) is 1.80. The maximum absolute atomic E-state index is 12.1. The highest BCUT2D eigenvalue weighted by atomic mass is 16.5. The number of carbonyl (C=O) groups excluding carboxylic acids is 2. The van der Waals surface area contributed by atoms with E-state index in [1.165, 1.54) is 7.11 Å². The average molecular weight is 348 g/mol. The van der Waals surface area contributed by atoms with Crippen molar-refractivity contribution < 1.29 is 24.2 Å². The summed E-state index contributed by atoms with van der Waals surface area (Å²) in [5.74, 6) is 0.649. The Bertz CT molecular complexity index is 684. The van der Waals surface area contributed by atoms with Crippen molar-refractivity contribution >= 4 is 18.0 Å². The number of amides is 3. The minimum atomic E-state index is -1.01. The van der Waals surface area contributed by atoms with Gasteiger partial charge in [-0.1, -0.05) is 18.2 Å². The monoisotopic (exact) mass is 348 g/mol. The number of β-amino-alcohol motifs (C(OH)–C–C–N with tert-alkyl or cyclic N) is 1. The summed E-state index contributed by atoms with van der Waals surface area (Å²) in [6, 6.07) is 4.92. The van der Waals surface area contributed by atoms with E-state index in [2.05, 4.69) is 5.32 Å². The fourth-order valence-corrected chi connectivity index (χ4v) is 2.53. The van der Waals surface area contributed by atoms with Gasteiger partial charge in [-0.3, -0.25) is 9.69 Å². The first-order valence-electron chi connectivity index (χ1n) is 8.04. The van der Waals surface area contributed by atoms with Gasteiger partial charge in [0.1, 0.15) is 18.2 Å². The molecule has 0 radical (unpaired) electrons. The maximum atomic E-state index is 12.1. The molecule has 0 saturated carbocycles. The minimum Gasteiger partial charge on any atom is -0.493 e. The van der Waals surface area contributed by atoms with E-state index < -0.39 is 17.7 Å². The van der Waals surface area contributed by atoms with Crippen molar-refractivity contribution in [2.24, 2.45) is 0 Å². The first-order valence-corrected chi connectivity index (χ1v) is 8.04. The Balaban J connectivity index is 1.97. The van der Waals surface area contributed by atoms with E-state index in [1.54, 1.807) is 19.9 Å². The molecule has 0 spiro atoms. The highest BCUT2D eigenvalue weighted by molar-refractivity contribution is 6.06. The smallest absolute Gasteiger partial charge is 0.325 e. The fraction of sp³-hybridized carbons (Fsp3) is 0.444. The lowest BCUT2D eigenvalue weighted by molar-refractivity contribution is -0.131. The number of ether oxygens (including phenoxy) is 2. The molecular weight excluding hydrogens is 324 g/mol. The molecule has 1 fully saturated rings. The third kappa shape index (κ3) is 4.30. The highest BCUT2D eigenvalue weighted by Crippen LogP contribution is 2.28. The van der Waals surface area contributed by atoms with Crippen LogP contribution in [0, 0.1) is 0 Å². The number of aliphatic hydroxyl groups excluding tert-OH is 1. The molecule has 1 aliphatic rings. The summed E-state index contributed by atoms with van der Waals surface area (Å²) < 4.78 is 10.9. The summed E-state index contributed by atoms with van der Waals surface area (Å²) in [7, 11) is 1.54. The zero-order valence-corrected chi connectivity index (χ0v) is 14.9. The van der Waals surface area contributed by atoms with Crippen molar-refractivity contribution in [1.82, 2.24) is 10.2 Å². The number of methoxy groups -OCH3 is 1. The summed E-state index contributed by atoms with van der Waals surface area (Å²) in [6.45, 7) is 4.95. The van der Waals surface area contributed by atoms with Crippen LogP contribution in [-0.4, -0.2) is 53.8 Å². The summed E-state index contributed by atoms with van der Waals surface area (Å²) >= 11 is 0. The van der Waals surface area contributed by atoms with Crippen molar-refractivity contribution in [3.8, 4) is 11.5 Å². The van der Waals surface area contributed by atoms with Crippen LogP contribution < -0.4 is 14.8 Å². The molecule has 2 rings (SSSR count). The number of benzene rings is 1. The molecule has 136 valence electrons. The predicted molar refractivity (Wildman–Crippen MR) is 93.5 cm³/mol. The van der Waals surface area contributed by atoms with Gasteiger partial charge in [0.15, 0.2) is 11.5 Å². The number of hydrogen-bond acceptors (Lipinski definition) is 5. The molecule has 3 amide bonds. The molecule has 1 aromatic rings. The average Bonchev–Trinajstić information content (AvgIpc) is 2.75. The topological polar surface area (TPSA) is 88.1 Å². The van der Waals surface area contributed by atoms with Crippen LogP contribution in [0.1, 0.15) is 26.3 Å². The third-order valence-electron chi connectivity index (χ3n) is 3.82. The Morgan fingerprint density at radius 1 is 1.32 bits per heavy atom. The molecule has 1 aliphatic heterocycles. The van der Waals surface area contributed by atoms with Gasteiger partial charge in [-0.15, -0.1) is 0 Å². The molecule has 0 aliphatic carbocycles. The lowest BCUT2D eigenvalue weighted by Crippen LogP contribution is -2.42. The molecule has 1 unspecified atom stereocenters. The van der Waals surface area contributed by atoms with E-state index in [4.69, 9.17) is 9.47 Å². The number of allylic oxidation sites excluding steroid dienone is 1. The van der Waals surface area contributed by atoms with Gasteiger partial charge in [-0.25, -0.2) is 4.79 Å². The molecule has 1 saturated heterocycles.